The number of furan rings is 1. The van der Waals surface area contributed by atoms with Gasteiger partial charge in [-0.25, -0.2) is 4.79 Å². The summed E-state index contributed by atoms with van der Waals surface area (Å²) in [6.45, 7) is 14.4. The van der Waals surface area contributed by atoms with E-state index in [-0.39, 0.29) is 11.1 Å². The smallest absolute Gasteiger partial charge is 0.342 e. The maximum absolute atomic E-state index is 13.2. The van der Waals surface area contributed by atoms with Gasteiger partial charge in [-0.3, -0.25) is 0 Å². The van der Waals surface area contributed by atoms with E-state index in [0.717, 1.165) is 27.7 Å². The average molecular weight is 528 g/mol. The number of halogens is 1. The summed E-state index contributed by atoms with van der Waals surface area (Å²) in [6.07, 6.45) is 0. The molecule has 1 aromatic heterocycles. The summed E-state index contributed by atoms with van der Waals surface area (Å²) in [4.78, 5) is 15.4. The van der Waals surface area contributed by atoms with Gasteiger partial charge in [0.05, 0.1) is 12.7 Å². The van der Waals surface area contributed by atoms with E-state index in [1.165, 1.54) is 7.11 Å². The molecule has 0 radical (unpaired) electrons. The number of nitrogens with zero attached hydrogens (tertiary/aromatic N) is 1. The minimum absolute atomic E-state index is 0.00522. The molecule has 0 bridgehead atoms. The first-order valence-corrected chi connectivity index (χ1v) is 12.3. The van der Waals surface area contributed by atoms with Crippen LogP contribution in [-0.4, -0.2) is 37.2 Å². The second-order valence-electron chi connectivity index (χ2n) is 10.4. The van der Waals surface area contributed by atoms with Crippen LogP contribution in [0.5, 0.6) is 0 Å². The van der Waals surface area contributed by atoms with Crippen molar-refractivity contribution in [1.29, 1.82) is 0 Å². The third kappa shape index (κ3) is 6.10. The van der Waals surface area contributed by atoms with E-state index in [1.807, 2.05) is 54.6 Å². The molecule has 1 heterocycles. The van der Waals surface area contributed by atoms with Crippen LogP contribution in [0, 0.1) is 0 Å². The Kier molecular flexibility index (Phi) is 7.94. The molecule has 34 heavy (non-hydrogen) atoms. The van der Waals surface area contributed by atoms with Gasteiger partial charge in [0.1, 0.15) is 5.56 Å². The minimum atomic E-state index is -0.423. The zero-order valence-corrected chi connectivity index (χ0v) is 22.7. The second-order valence-corrected chi connectivity index (χ2v) is 11.3. The number of anilines is 1. The quantitative estimate of drug-likeness (QED) is 0.331. The summed E-state index contributed by atoms with van der Waals surface area (Å²) in [6, 6.07) is 17.7. The predicted molar refractivity (Wildman–Crippen MR) is 143 cm³/mol. The van der Waals surface area contributed by atoms with E-state index < -0.39 is 5.97 Å². The maximum Gasteiger partial charge on any atom is 0.342 e. The van der Waals surface area contributed by atoms with Crippen LogP contribution < -0.4 is 10.2 Å². The Bertz CT molecular complexity index is 1110. The van der Waals surface area contributed by atoms with E-state index in [1.54, 1.807) is 0 Å². The second kappa shape index (κ2) is 10.4. The number of hydrogen-bond acceptors (Lipinski definition) is 5. The van der Waals surface area contributed by atoms with Crippen LogP contribution in [0.4, 0.5) is 5.88 Å². The Balaban J connectivity index is 2.27. The van der Waals surface area contributed by atoms with Crippen LogP contribution >= 0.6 is 15.9 Å². The molecule has 0 saturated carbocycles. The highest BCUT2D eigenvalue weighted by atomic mass is 79.9. The Morgan fingerprint density at radius 3 is 2.12 bits per heavy atom. The van der Waals surface area contributed by atoms with Crippen LogP contribution in [-0.2, 0) is 4.74 Å². The summed E-state index contributed by atoms with van der Waals surface area (Å²) >= 11 is 3.49. The standard InChI is InChI=1S/C28H35BrN2O3/c1-27(2,3)30-17-18-31(28(4,5)6)25-22(19-11-9-8-10-12-19)23(26(32)33-7)24(34-25)20-13-15-21(29)16-14-20/h8-16,30H,17-18H2,1-7H3. The van der Waals surface area contributed by atoms with Gasteiger partial charge < -0.3 is 19.4 Å². The summed E-state index contributed by atoms with van der Waals surface area (Å²) in [5.74, 6) is 0.743. The third-order valence-corrected chi connectivity index (χ3v) is 6.02. The molecule has 182 valence electrons. The SMILES string of the molecule is COC(=O)c1c(-c2ccc(Br)cc2)oc(N(CCNC(C)(C)C)C(C)(C)C)c1-c1ccccc1. The van der Waals surface area contributed by atoms with Crippen molar-refractivity contribution >= 4 is 27.8 Å². The molecule has 1 N–H and O–H groups in total. The number of carbonyl (C=O) groups is 1. The number of nitrogens with one attached hydrogen (secondary N) is 1. The molecule has 0 unspecified atom stereocenters. The predicted octanol–water partition coefficient (Wildman–Crippen LogP) is 7.16. The van der Waals surface area contributed by atoms with Crippen LogP contribution in [0.15, 0.2) is 63.5 Å². The van der Waals surface area contributed by atoms with Crippen LogP contribution in [0.1, 0.15) is 51.9 Å². The molecule has 0 aliphatic heterocycles. The molecule has 6 heteroatoms. The Morgan fingerprint density at radius 1 is 0.971 bits per heavy atom. The van der Waals surface area contributed by atoms with Crippen molar-refractivity contribution in [3.05, 3.63) is 64.6 Å². The van der Waals surface area contributed by atoms with Crippen LogP contribution in [0.2, 0.25) is 0 Å². The molecule has 0 amide bonds. The first kappa shape index (κ1) is 26.0. The Labute approximate surface area is 211 Å². The highest BCUT2D eigenvalue weighted by molar-refractivity contribution is 9.10. The van der Waals surface area contributed by atoms with Gasteiger partial charge in [0.15, 0.2) is 5.76 Å². The zero-order valence-electron chi connectivity index (χ0n) is 21.2. The van der Waals surface area contributed by atoms with E-state index in [0.29, 0.717) is 23.8 Å². The van der Waals surface area contributed by atoms with E-state index in [2.05, 4.69) is 67.7 Å². The van der Waals surface area contributed by atoms with E-state index in [9.17, 15) is 4.79 Å². The Hall–Kier alpha value is -2.57. The van der Waals surface area contributed by atoms with Crippen molar-refractivity contribution in [2.45, 2.75) is 52.6 Å². The first-order chi connectivity index (χ1) is 15.9. The maximum atomic E-state index is 13.2. The summed E-state index contributed by atoms with van der Waals surface area (Å²) < 4.78 is 12.8. The molecule has 3 rings (SSSR count). The number of ether oxygens (including phenoxy) is 1. The average Bonchev–Trinajstić information content (AvgIpc) is 3.15. The van der Waals surface area contributed by atoms with E-state index in [4.69, 9.17) is 9.15 Å². The highest BCUT2D eigenvalue weighted by Gasteiger charge is 2.34. The van der Waals surface area contributed by atoms with Gasteiger partial charge in [-0.1, -0.05) is 58.4 Å². The van der Waals surface area contributed by atoms with Gasteiger partial charge in [-0.2, -0.15) is 0 Å². The molecule has 0 aliphatic rings. The van der Waals surface area contributed by atoms with Gasteiger partial charge in [0.2, 0.25) is 5.88 Å². The van der Waals surface area contributed by atoms with E-state index >= 15 is 0 Å². The number of benzene rings is 2. The molecular formula is C28H35BrN2O3. The van der Waals surface area contributed by atoms with Gasteiger partial charge in [-0.15, -0.1) is 0 Å². The molecule has 0 atom stereocenters. The summed E-state index contributed by atoms with van der Waals surface area (Å²) in [7, 11) is 1.41. The van der Waals surface area contributed by atoms with Gasteiger partial charge in [0.25, 0.3) is 0 Å². The molecule has 2 aromatic carbocycles. The van der Waals surface area contributed by atoms with Crippen molar-refractivity contribution in [3.63, 3.8) is 0 Å². The lowest BCUT2D eigenvalue weighted by atomic mass is 9.97. The number of hydrogen-bond donors (Lipinski definition) is 1. The van der Waals surface area contributed by atoms with Crippen molar-refractivity contribution in [3.8, 4) is 22.5 Å². The van der Waals surface area contributed by atoms with Crippen molar-refractivity contribution < 1.29 is 13.9 Å². The summed E-state index contributed by atoms with van der Waals surface area (Å²) in [5.41, 5.74) is 2.64. The fraction of sp³-hybridized carbons (Fsp3) is 0.393. The highest BCUT2D eigenvalue weighted by Crippen LogP contribution is 2.45. The fourth-order valence-electron chi connectivity index (χ4n) is 3.87. The van der Waals surface area contributed by atoms with Gasteiger partial charge in [0, 0.05) is 34.2 Å². The monoisotopic (exact) mass is 526 g/mol. The van der Waals surface area contributed by atoms with Crippen LogP contribution in [0.3, 0.4) is 0 Å². The lowest BCUT2D eigenvalue weighted by Crippen LogP contribution is -2.48. The fourth-order valence-corrected chi connectivity index (χ4v) is 4.13. The molecule has 0 spiro atoms. The number of rotatable bonds is 7. The summed E-state index contributed by atoms with van der Waals surface area (Å²) in [5, 5.41) is 3.57. The van der Waals surface area contributed by atoms with Crippen molar-refractivity contribution in [2.75, 3.05) is 25.1 Å². The van der Waals surface area contributed by atoms with Crippen molar-refractivity contribution in [1.82, 2.24) is 5.32 Å². The number of carbonyl (C=O) groups excluding carboxylic acids is 1. The largest absolute Gasteiger partial charge is 0.465 e. The molecular weight excluding hydrogens is 492 g/mol. The lowest BCUT2D eigenvalue weighted by Gasteiger charge is -2.37. The zero-order chi connectivity index (χ0) is 25.1. The van der Waals surface area contributed by atoms with Crippen molar-refractivity contribution in [2.24, 2.45) is 0 Å². The number of esters is 1. The molecule has 0 aliphatic carbocycles. The first-order valence-electron chi connectivity index (χ1n) is 11.5. The van der Waals surface area contributed by atoms with Gasteiger partial charge >= 0.3 is 5.97 Å². The minimum Gasteiger partial charge on any atom is -0.465 e. The molecule has 3 aromatic rings. The Morgan fingerprint density at radius 2 is 1.59 bits per heavy atom. The normalized spacial score (nSPS) is 12.0. The molecule has 0 fully saturated rings. The van der Waals surface area contributed by atoms with Gasteiger partial charge in [-0.05, 0) is 59.2 Å². The number of methoxy groups -OCH3 is 1. The third-order valence-electron chi connectivity index (χ3n) is 5.49. The molecule has 5 nitrogen and oxygen atoms in total. The molecule has 0 saturated heterocycles. The lowest BCUT2D eigenvalue weighted by molar-refractivity contribution is 0.0602. The topological polar surface area (TPSA) is 54.7 Å². The van der Waals surface area contributed by atoms with Crippen LogP contribution in [0.25, 0.3) is 22.5 Å².